The normalized spacial score (nSPS) is 12.2. The van der Waals surface area contributed by atoms with E-state index in [2.05, 4.69) is 15.0 Å². The molecule has 2 aromatic heterocycles. The molecule has 39 heavy (non-hydrogen) atoms. The second kappa shape index (κ2) is 12.1. The molecule has 0 saturated carbocycles. The highest BCUT2D eigenvalue weighted by Crippen LogP contribution is 2.38. The Morgan fingerprint density at radius 2 is 1.69 bits per heavy atom. The average molecular weight is 633 g/mol. The van der Waals surface area contributed by atoms with Crippen LogP contribution < -0.4 is 10.0 Å². The largest absolute Gasteiger partial charge is 0.301 e. The van der Waals surface area contributed by atoms with E-state index in [9.17, 15) is 13.2 Å². The van der Waals surface area contributed by atoms with Gasteiger partial charge in [0, 0.05) is 26.5 Å². The third-order valence-corrected chi connectivity index (χ3v) is 10.8. The zero-order valence-electron chi connectivity index (χ0n) is 19.9. The number of thioether (sulfide) groups is 1. The summed E-state index contributed by atoms with van der Waals surface area (Å²) in [4.78, 5) is 18.8. The molecular formula is C27H19Cl2N3O3S4. The topological polar surface area (TPSA) is 88.2 Å². The molecule has 3 aromatic carbocycles. The van der Waals surface area contributed by atoms with E-state index in [4.69, 9.17) is 23.2 Å². The zero-order valence-corrected chi connectivity index (χ0v) is 24.7. The number of anilines is 2. The van der Waals surface area contributed by atoms with Crippen LogP contribution in [0.3, 0.4) is 0 Å². The summed E-state index contributed by atoms with van der Waals surface area (Å²) in [6.45, 7) is 0. The highest BCUT2D eigenvalue weighted by Gasteiger charge is 2.24. The quantitative estimate of drug-likeness (QED) is 0.159. The molecule has 0 saturated heterocycles. The molecule has 0 aliphatic carbocycles. The number of halogens is 2. The fourth-order valence-electron chi connectivity index (χ4n) is 3.58. The highest BCUT2D eigenvalue weighted by atomic mass is 35.5. The van der Waals surface area contributed by atoms with Crippen molar-refractivity contribution < 1.29 is 13.2 Å². The number of hydrogen-bond acceptors (Lipinski definition) is 7. The van der Waals surface area contributed by atoms with Gasteiger partial charge in [-0.05, 0) is 59.5 Å². The van der Waals surface area contributed by atoms with Crippen molar-refractivity contribution in [1.29, 1.82) is 0 Å². The lowest BCUT2D eigenvalue weighted by molar-refractivity contribution is -0.115. The van der Waals surface area contributed by atoms with Crippen LogP contribution in [0.1, 0.15) is 10.8 Å². The van der Waals surface area contributed by atoms with Crippen LogP contribution in [0.15, 0.2) is 105 Å². The van der Waals surface area contributed by atoms with E-state index in [1.807, 2.05) is 35.7 Å². The first-order valence-electron chi connectivity index (χ1n) is 11.4. The smallest absolute Gasteiger partial charge is 0.271 e. The molecule has 1 atom stereocenters. The summed E-state index contributed by atoms with van der Waals surface area (Å²) in [5, 5.41) is 7.34. The zero-order chi connectivity index (χ0) is 27.4. The Balaban J connectivity index is 1.32. The molecule has 1 unspecified atom stereocenters. The number of nitrogens with zero attached hydrogens (tertiary/aromatic N) is 1. The molecule has 198 valence electrons. The number of carbonyl (C=O) groups excluding carboxylic acids is 1. The molecule has 0 bridgehead atoms. The summed E-state index contributed by atoms with van der Waals surface area (Å²) in [6, 6.07) is 24.8. The first kappa shape index (κ1) is 27.7. The lowest BCUT2D eigenvalue weighted by atomic mass is 10.1. The summed E-state index contributed by atoms with van der Waals surface area (Å²) in [5.41, 5.74) is 2.62. The van der Waals surface area contributed by atoms with Crippen molar-refractivity contribution in [2.75, 3.05) is 10.0 Å². The molecule has 0 radical (unpaired) electrons. The van der Waals surface area contributed by atoms with Crippen LogP contribution in [0.5, 0.6) is 0 Å². The Labute approximate surface area is 248 Å². The number of thiophene rings is 1. The Morgan fingerprint density at radius 3 is 2.38 bits per heavy atom. The van der Waals surface area contributed by atoms with Crippen LogP contribution in [0, 0.1) is 0 Å². The van der Waals surface area contributed by atoms with E-state index in [0.29, 0.717) is 26.6 Å². The summed E-state index contributed by atoms with van der Waals surface area (Å²) < 4.78 is 27.9. The van der Waals surface area contributed by atoms with Gasteiger partial charge in [0.15, 0.2) is 5.13 Å². The summed E-state index contributed by atoms with van der Waals surface area (Å²) in [7, 11) is -3.64. The van der Waals surface area contributed by atoms with E-state index >= 15 is 0 Å². The molecular weight excluding hydrogens is 613 g/mol. The van der Waals surface area contributed by atoms with Gasteiger partial charge in [-0.1, -0.05) is 59.6 Å². The minimum Gasteiger partial charge on any atom is -0.301 e. The number of carbonyl (C=O) groups is 1. The standard InChI is InChI=1S/C27H19Cl2N3O3S4/c28-18-8-13-21(22(29)15-18)23-16-37-27(30-23)31-26(33)25(17-5-2-1-3-6-17)38-20-11-9-19(10-12-20)32-39(34,35)24-7-4-14-36-24/h1-16,25,32H,(H,30,31,33). The van der Waals surface area contributed by atoms with Crippen molar-refractivity contribution in [2.45, 2.75) is 14.4 Å². The summed E-state index contributed by atoms with van der Waals surface area (Å²) >= 11 is 16.1. The average Bonchev–Trinajstić information content (AvgIpc) is 3.62. The van der Waals surface area contributed by atoms with Gasteiger partial charge >= 0.3 is 0 Å². The predicted octanol–water partition coefficient (Wildman–Crippen LogP) is 8.45. The number of nitrogens with one attached hydrogen (secondary N) is 2. The molecule has 0 fully saturated rings. The Bertz CT molecular complexity index is 1690. The lowest BCUT2D eigenvalue weighted by Gasteiger charge is -2.16. The Hall–Kier alpha value is -2.86. The van der Waals surface area contributed by atoms with Gasteiger partial charge in [0.05, 0.1) is 10.7 Å². The van der Waals surface area contributed by atoms with Gasteiger partial charge in [-0.15, -0.1) is 34.4 Å². The molecule has 6 nitrogen and oxygen atoms in total. The first-order valence-corrected chi connectivity index (χ1v) is 16.3. The van der Waals surface area contributed by atoms with Crippen LogP contribution in [0.4, 0.5) is 10.8 Å². The van der Waals surface area contributed by atoms with Gasteiger partial charge in [-0.2, -0.15) is 0 Å². The first-order chi connectivity index (χ1) is 18.8. The fourth-order valence-corrected chi connectivity index (χ4v) is 7.88. The number of hydrogen-bond donors (Lipinski definition) is 2. The van der Waals surface area contributed by atoms with E-state index in [-0.39, 0.29) is 10.1 Å². The summed E-state index contributed by atoms with van der Waals surface area (Å²) in [6.07, 6.45) is 0. The van der Waals surface area contributed by atoms with Crippen molar-refractivity contribution in [3.05, 3.63) is 111 Å². The number of aromatic nitrogens is 1. The third kappa shape index (κ3) is 6.84. The second-order valence-electron chi connectivity index (χ2n) is 8.12. The van der Waals surface area contributed by atoms with Crippen LogP contribution >= 0.6 is 57.6 Å². The molecule has 2 heterocycles. The minimum absolute atomic E-state index is 0.239. The van der Waals surface area contributed by atoms with Gasteiger partial charge < -0.3 is 5.32 Å². The molecule has 5 aromatic rings. The Kier molecular flexibility index (Phi) is 8.61. The van der Waals surface area contributed by atoms with Gasteiger partial charge in [-0.25, -0.2) is 13.4 Å². The molecule has 0 spiro atoms. The molecule has 1 amide bonds. The fraction of sp³-hybridized carbons (Fsp3) is 0.0370. The maximum Gasteiger partial charge on any atom is 0.271 e. The van der Waals surface area contributed by atoms with E-state index in [0.717, 1.165) is 27.4 Å². The van der Waals surface area contributed by atoms with Crippen molar-refractivity contribution in [2.24, 2.45) is 0 Å². The molecule has 0 aliphatic heterocycles. The van der Waals surface area contributed by atoms with Gasteiger partial charge in [0.1, 0.15) is 9.46 Å². The molecule has 12 heteroatoms. The third-order valence-electron chi connectivity index (χ3n) is 5.40. The monoisotopic (exact) mass is 631 g/mol. The van der Waals surface area contributed by atoms with Gasteiger partial charge in [0.2, 0.25) is 5.91 Å². The van der Waals surface area contributed by atoms with Gasteiger partial charge in [0.25, 0.3) is 10.0 Å². The number of sulfonamides is 1. The number of rotatable bonds is 9. The number of amides is 1. The van der Waals surface area contributed by atoms with Crippen LogP contribution in [0.25, 0.3) is 11.3 Å². The second-order valence-corrected chi connectivity index (χ2v) is 13.9. The van der Waals surface area contributed by atoms with Crippen LogP contribution in [-0.2, 0) is 14.8 Å². The minimum atomic E-state index is -3.64. The summed E-state index contributed by atoms with van der Waals surface area (Å²) in [5.74, 6) is -0.239. The van der Waals surface area contributed by atoms with Crippen LogP contribution in [-0.4, -0.2) is 19.3 Å². The SMILES string of the molecule is O=C(Nc1nc(-c2ccc(Cl)cc2Cl)cs1)C(Sc1ccc(NS(=O)(=O)c2cccs2)cc1)c1ccccc1. The van der Waals surface area contributed by atoms with Gasteiger partial charge in [-0.3, -0.25) is 9.52 Å². The van der Waals surface area contributed by atoms with E-state index < -0.39 is 15.3 Å². The van der Waals surface area contributed by atoms with Crippen molar-refractivity contribution >= 4 is 84.4 Å². The Morgan fingerprint density at radius 1 is 0.923 bits per heavy atom. The van der Waals surface area contributed by atoms with E-state index in [1.165, 1.54) is 23.1 Å². The lowest BCUT2D eigenvalue weighted by Crippen LogP contribution is -2.19. The highest BCUT2D eigenvalue weighted by molar-refractivity contribution is 8.00. The van der Waals surface area contributed by atoms with Crippen LogP contribution in [0.2, 0.25) is 10.0 Å². The van der Waals surface area contributed by atoms with Crippen molar-refractivity contribution in [1.82, 2.24) is 4.98 Å². The molecule has 5 rings (SSSR count). The van der Waals surface area contributed by atoms with Crippen molar-refractivity contribution in [3.8, 4) is 11.3 Å². The molecule has 0 aliphatic rings. The maximum absolute atomic E-state index is 13.5. The number of benzene rings is 3. The van der Waals surface area contributed by atoms with Crippen molar-refractivity contribution in [3.63, 3.8) is 0 Å². The molecule has 2 N–H and O–H groups in total. The maximum atomic E-state index is 13.5. The number of thiazole rings is 1. The predicted molar refractivity (Wildman–Crippen MR) is 163 cm³/mol. The van der Waals surface area contributed by atoms with E-state index in [1.54, 1.807) is 60.0 Å².